The van der Waals surface area contributed by atoms with Crippen molar-refractivity contribution in [3.8, 4) is 0 Å². The van der Waals surface area contributed by atoms with Gasteiger partial charge in [-0.05, 0) is 30.3 Å². The van der Waals surface area contributed by atoms with Crippen molar-refractivity contribution in [2.45, 2.75) is 11.9 Å². The number of aliphatic hydroxyl groups is 1. The van der Waals surface area contributed by atoms with Crippen molar-refractivity contribution in [1.82, 2.24) is 10.3 Å². The molecule has 8 heteroatoms. The van der Waals surface area contributed by atoms with Crippen LogP contribution < -0.4 is 5.32 Å². The number of fused-ring (bicyclic) bond motifs is 2. The summed E-state index contributed by atoms with van der Waals surface area (Å²) < 4.78 is 39.1. The number of amides is 1. The van der Waals surface area contributed by atoms with E-state index in [9.17, 15) is 23.1 Å². The molecule has 0 spiro atoms. The SMILES string of the molecule is O=C1NC(O)(c2ccc3cccc(Cl)c3n2)c2cc(C(F)(F)F)ccc21. The topological polar surface area (TPSA) is 62.2 Å². The maximum Gasteiger partial charge on any atom is 0.416 e. The van der Waals surface area contributed by atoms with Gasteiger partial charge in [-0.3, -0.25) is 4.79 Å². The van der Waals surface area contributed by atoms with Gasteiger partial charge in [-0.2, -0.15) is 13.2 Å². The lowest BCUT2D eigenvalue weighted by Crippen LogP contribution is -2.41. The van der Waals surface area contributed by atoms with Crippen molar-refractivity contribution in [2.75, 3.05) is 0 Å². The van der Waals surface area contributed by atoms with Crippen LogP contribution in [0.5, 0.6) is 0 Å². The largest absolute Gasteiger partial charge is 0.416 e. The highest BCUT2D eigenvalue weighted by atomic mass is 35.5. The lowest BCUT2D eigenvalue weighted by Gasteiger charge is -2.24. The van der Waals surface area contributed by atoms with Gasteiger partial charge in [0.05, 0.1) is 21.8 Å². The first kappa shape index (κ1) is 16.8. The maximum atomic E-state index is 13.0. The Bertz CT molecular complexity index is 1070. The van der Waals surface area contributed by atoms with Crippen molar-refractivity contribution >= 4 is 28.4 Å². The Morgan fingerprint density at radius 2 is 1.88 bits per heavy atom. The van der Waals surface area contributed by atoms with Gasteiger partial charge in [-0.15, -0.1) is 0 Å². The van der Waals surface area contributed by atoms with Crippen LogP contribution in [0.4, 0.5) is 13.2 Å². The van der Waals surface area contributed by atoms with Crippen molar-refractivity contribution in [2.24, 2.45) is 0 Å². The summed E-state index contributed by atoms with van der Waals surface area (Å²) in [4.78, 5) is 16.4. The third-order valence-corrected chi connectivity index (χ3v) is 4.62. The van der Waals surface area contributed by atoms with E-state index in [1.165, 1.54) is 6.07 Å². The molecule has 1 atom stereocenters. The molecule has 0 aliphatic carbocycles. The number of nitrogens with one attached hydrogen (secondary N) is 1. The van der Waals surface area contributed by atoms with Gasteiger partial charge in [0.25, 0.3) is 5.91 Å². The molecule has 2 heterocycles. The normalized spacial score (nSPS) is 19.5. The highest BCUT2D eigenvalue weighted by Crippen LogP contribution is 2.39. The zero-order valence-corrected chi connectivity index (χ0v) is 13.7. The van der Waals surface area contributed by atoms with Crippen LogP contribution in [0.2, 0.25) is 5.02 Å². The summed E-state index contributed by atoms with van der Waals surface area (Å²) in [6, 6.07) is 10.7. The average molecular weight is 379 g/mol. The summed E-state index contributed by atoms with van der Waals surface area (Å²) in [7, 11) is 0. The Morgan fingerprint density at radius 1 is 1.12 bits per heavy atom. The van der Waals surface area contributed by atoms with Gasteiger partial charge in [0.15, 0.2) is 0 Å². The Morgan fingerprint density at radius 3 is 2.62 bits per heavy atom. The first-order chi connectivity index (χ1) is 12.2. The summed E-state index contributed by atoms with van der Waals surface area (Å²) in [5.74, 6) is -0.683. The van der Waals surface area contributed by atoms with Crippen LogP contribution in [0.25, 0.3) is 10.9 Å². The molecule has 1 aliphatic heterocycles. The molecule has 1 aromatic heterocycles. The van der Waals surface area contributed by atoms with Gasteiger partial charge in [0.1, 0.15) is 0 Å². The molecular formula is C18H10ClF3N2O2. The van der Waals surface area contributed by atoms with E-state index >= 15 is 0 Å². The lowest BCUT2D eigenvalue weighted by molar-refractivity contribution is -0.137. The molecule has 26 heavy (non-hydrogen) atoms. The molecule has 0 saturated heterocycles. The standard InChI is InChI=1S/C18H10ClF3N2O2/c19-13-3-1-2-9-4-7-14(23-15(9)13)17(26)12-8-10(18(20,21)22)5-6-11(12)16(25)24-17/h1-8,26H,(H,24,25). The molecule has 0 fully saturated rings. The first-order valence-electron chi connectivity index (χ1n) is 7.52. The maximum absolute atomic E-state index is 13.0. The highest BCUT2D eigenvalue weighted by Gasteiger charge is 2.46. The number of hydrogen-bond donors (Lipinski definition) is 2. The van der Waals surface area contributed by atoms with Crippen LogP contribution in [-0.2, 0) is 11.9 Å². The second-order valence-corrected chi connectivity index (χ2v) is 6.34. The van der Waals surface area contributed by atoms with Gasteiger partial charge in [0, 0.05) is 16.5 Å². The molecule has 0 saturated carbocycles. The number of hydrogen-bond acceptors (Lipinski definition) is 3. The van der Waals surface area contributed by atoms with E-state index in [1.54, 1.807) is 24.3 Å². The molecule has 2 N–H and O–H groups in total. The third-order valence-electron chi connectivity index (χ3n) is 4.32. The van der Waals surface area contributed by atoms with Crippen LogP contribution >= 0.6 is 11.6 Å². The molecule has 0 radical (unpaired) electrons. The number of aromatic nitrogens is 1. The molecule has 2 aromatic carbocycles. The van der Waals surface area contributed by atoms with E-state index in [0.29, 0.717) is 15.9 Å². The fraction of sp³-hybridized carbons (Fsp3) is 0.111. The molecule has 1 aliphatic rings. The minimum atomic E-state index is -4.61. The van der Waals surface area contributed by atoms with Crippen molar-refractivity contribution in [1.29, 1.82) is 0 Å². The summed E-state index contributed by atoms with van der Waals surface area (Å²) >= 11 is 6.11. The van der Waals surface area contributed by atoms with Crippen molar-refractivity contribution in [3.05, 3.63) is 75.9 Å². The highest BCUT2D eigenvalue weighted by molar-refractivity contribution is 6.35. The van der Waals surface area contributed by atoms with Crippen LogP contribution in [0, 0.1) is 0 Å². The fourth-order valence-corrected chi connectivity index (χ4v) is 3.26. The van der Waals surface area contributed by atoms with E-state index in [2.05, 4.69) is 10.3 Å². The summed E-state index contributed by atoms with van der Waals surface area (Å²) in [5, 5.41) is 14.4. The molecule has 1 unspecified atom stereocenters. The Balaban J connectivity index is 1.93. The Labute approximate surface area is 150 Å². The van der Waals surface area contributed by atoms with Gasteiger partial charge in [-0.25, -0.2) is 4.98 Å². The number of carbonyl (C=O) groups excluding carboxylic acids is 1. The van der Waals surface area contributed by atoms with Crippen LogP contribution in [0.3, 0.4) is 0 Å². The van der Waals surface area contributed by atoms with Crippen LogP contribution in [0.1, 0.15) is 27.2 Å². The van der Waals surface area contributed by atoms with Crippen molar-refractivity contribution < 1.29 is 23.1 Å². The van der Waals surface area contributed by atoms with Gasteiger partial charge in [-0.1, -0.05) is 29.8 Å². The zero-order valence-electron chi connectivity index (χ0n) is 12.9. The van der Waals surface area contributed by atoms with Crippen LogP contribution in [0.15, 0.2) is 48.5 Å². The molecule has 4 nitrogen and oxygen atoms in total. The van der Waals surface area contributed by atoms with E-state index in [1.807, 2.05) is 0 Å². The van der Waals surface area contributed by atoms with E-state index in [-0.39, 0.29) is 16.8 Å². The number of halogens is 4. The quantitative estimate of drug-likeness (QED) is 0.676. The number of alkyl halides is 3. The van der Waals surface area contributed by atoms with Gasteiger partial charge in [0.2, 0.25) is 5.72 Å². The molecule has 132 valence electrons. The molecule has 3 aromatic rings. The van der Waals surface area contributed by atoms with E-state index in [4.69, 9.17) is 11.6 Å². The summed E-state index contributed by atoms with van der Waals surface area (Å²) in [5.41, 5.74) is -3.04. The predicted octanol–water partition coefficient (Wildman–Crippen LogP) is 3.84. The van der Waals surface area contributed by atoms with Crippen LogP contribution in [-0.4, -0.2) is 16.0 Å². The number of para-hydroxylation sites is 1. The first-order valence-corrected chi connectivity index (χ1v) is 7.90. The molecule has 0 bridgehead atoms. The average Bonchev–Trinajstić information content (AvgIpc) is 2.86. The second kappa shape index (κ2) is 5.43. The number of rotatable bonds is 1. The number of benzene rings is 2. The molecular weight excluding hydrogens is 369 g/mol. The summed E-state index contributed by atoms with van der Waals surface area (Å²) in [6.45, 7) is 0. The summed E-state index contributed by atoms with van der Waals surface area (Å²) in [6.07, 6.45) is -4.61. The number of nitrogens with zero attached hydrogens (tertiary/aromatic N) is 1. The fourth-order valence-electron chi connectivity index (χ4n) is 3.03. The predicted molar refractivity (Wildman–Crippen MR) is 88.7 cm³/mol. The minimum Gasteiger partial charge on any atom is -0.362 e. The van der Waals surface area contributed by atoms with E-state index in [0.717, 1.165) is 18.2 Å². The third kappa shape index (κ3) is 2.43. The Hall–Kier alpha value is -2.64. The molecule has 4 rings (SSSR count). The lowest BCUT2D eigenvalue weighted by atomic mass is 9.95. The smallest absolute Gasteiger partial charge is 0.362 e. The van der Waals surface area contributed by atoms with E-state index < -0.39 is 23.4 Å². The number of pyridine rings is 1. The molecule has 1 amide bonds. The number of carbonyl (C=O) groups is 1. The van der Waals surface area contributed by atoms with Crippen molar-refractivity contribution in [3.63, 3.8) is 0 Å². The Kier molecular flexibility index (Phi) is 3.51. The van der Waals surface area contributed by atoms with Gasteiger partial charge < -0.3 is 10.4 Å². The van der Waals surface area contributed by atoms with Gasteiger partial charge >= 0.3 is 6.18 Å². The monoisotopic (exact) mass is 378 g/mol. The zero-order chi connectivity index (χ0) is 18.7. The second-order valence-electron chi connectivity index (χ2n) is 5.93. The minimum absolute atomic E-state index is 0.0236.